The van der Waals surface area contributed by atoms with E-state index in [1.807, 2.05) is 13.0 Å². The van der Waals surface area contributed by atoms with Gasteiger partial charge in [-0.25, -0.2) is 4.39 Å². The van der Waals surface area contributed by atoms with Gasteiger partial charge in [0.15, 0.2) is 11.4 Å². The normalized spacial score (nSPS) is 13.2. The van der Waals surface area contributed by atoms with E-state index in [9.17, 15) is 4.39 Å². The SMILES string of the molecule is CCNC(CC)c1cc2c(C)ccc(F)c2o1. The van der Waals surface area contributed by atoms with Crippen LogP contribution in [0.2, 0.25) is 0 Å². The maximum atomic E-state index is 13.6. The lowest BCUT2D eigenvalue weighted by atomic mass is 10.1. The van der Waals surface area contributed by atoms with E-state index in [0.717, 1.165) is 29.7 Å². The van der Waals surface area contributed by atoms with Crippen LogP contribution in [0, 0.1) is 12.7 Å². The summed E-state index contributed by atoms with van der Waals surface area (Å²) in [6.45, 7) is 6.98. The Morgan fingerprint density at radius 2 is 2.12 bits per heavy atom. The molecule has 0 fully saturated rings. The molecular weight excluding hydrogens is 217 g/mol. The smallest absolute Gasteiger partial charge is 0.170 e. The van der Waals surface area contributed by atoms with Crippen molar-refractivity contribution in [2.75, 3.05) is 6.54 Å². The molecule has 2 nitrogen and oxygen atoms in total. The predicted molar refractivity (Wildman–Crippen MR) is 67.6 cm³/mol. The Morgan fingerprint density at radius 3 is 2.71 bits per heavy atom. The summed E-state index contributed by atoms with van der Waals surface area (Å²) in [4.78, 5) is 0. The van der Waals surface area contributed by atoms with Crippen molar-refractivity contribution in [1.29, 1.82) is 0 Å². The predicted octanol–water partition coefficient (Wildman–Crippen LogP) is 3.94. The van der Waals surface area contributed by atoms with Crippen molar-refractivity contribution < 1.29 is 8.81 Å². The average Bonchev–Trinajstić information content (AvgIpc) is 2.77. The van der Waals surface area contributed by atoms with E-state index < -0.39 is 0 Å². The standard InChI is InChI=1S/C14H18FNO/c1-4-12(16-5-2)13-8-10-9(3)6-7-11(15)14(10)17-13/h6-8,12,16H,4-5H2,1-3H3. The Labute approximate surface area is 101 Å². The second-order valence-corrected chi connectivity index (χ2v) is 4.27. The first-order valence-electron chi connectivity index (χ1n) is 6.09. The Kier molecular flexibility index (Phi) is 3.48. The van der Waals surface area contributed by atoms with Crippen LogP contribution in [0.3, 0.4) is 0 Å². The van der Waals surface area contributed by atoms with Gasteiger partial charge in [0.25, 0.3) is 0 Å². The van der Waals surface area contributed by atoms with Crippen molar-refractivity contribution in [1.82, 2.24) is 5.32 Å². The topological polar surface area (TPSA) is 25.2 Å². The van der Waals surface area contributed by atoms with Gasteiger partial charge in [-0.15, -0.1) is 0 Å². The summed E-state index contributed by atoms with van der Waals surface area (Å²) >= 11 is 0. The molecule has 3 heteroatoms. The van der Waals surface area contributed by atoms with Gasteiger partial charge in [0.1, 0.15) is 5.76 Å². The second kappa shape index (κ2) is 4.88. The first-order valence-corrected chi connectivity index (χ1v) is 6.09. The Bertz CT molecular complexity index is 479. The van der Waals surface area contributed by atoms with E-state index in [2.05, 4.69) is 19.2 Å². The highest BCUT2D eigenvalue weighted by molar-refractivity contribution is 5.82. The first-order chi connectivity index (χ1) is 8.17. The molecule has 0 radical (unpaired) electrons. The van der Waals surface area contributed by atoms with Crippen LogP contribution in [-0.2, 0) is 0 Å². The molecule has 1 heterocycles. The number of hydrogen-bond acceptors (Lipinski definition) is 2. The zero-order valence-corrected chi connectivity index (χ0v) is 10.5. The molecule has 0 bridgehead atoms. The number of halogens is 1. The maximum Gasteiger partial charge on any atom is 0.170 e. The van der Waals surface area contributed by atoms with Crippen LogP contribution in [0.25, 0.3) is 11.0 Å². The molecule has 0 aliphatic heterocycles. The van der Waals surface area contributed by atoms with Gasteiger partial charge in [0.05, 0.1) is 6.04 Å². The molecule has 1 unspecified atom stereocenters. The molecule has 0 aliphatic rings. The van der Waals surface area contributed by atoms with Crippen LogP contribution < -0.4 is 5.32 Å². The van der Waals surface area contributed by atoms with Gasteiger partial charge in [-0.2, -0.15) is 0 Å². The summed E-state index contributed by atoms with van der Waals surface area (Å²) in [5, 5.41) is 4.20. The number of hydrogen-bond donors (Lipinski definition) is 1. The van der Waals surface area contributed by atoms with E-state index in [-0.39, 0.29) is 11.9 Å². The highest BCUT2D eigenvalue weighted by Gasteiger charge is 2.16. The van der Waals surface area contributed by atoms with E-state index in [1.54, 1.807) is 6.07 Å². The summed E-state index contributed by atoms with van der Waals surface area (Å²) in [7, 11) is 0. The van der Waals surface area contributed by atoms with Crippen molar-refractivity contribution >= 4 is 11.0 Å². The summed E-state index contributed by atoms with van der Waals surface area (Å²) in [6.07, 6.45) is 0.925. The van der Waals surface area contributed by atoms with Crippen LogP contribution in [-0.4, -0.2) is 6.54 Å². The van der Waals surface area contributed by atoms with Crippen LogP contribution in [0.15, 0.2) is 22.6 Å². The minimum atomic E-state index is -0.289. The summed E-state index contributed by atoms with van der Waals surface area (Å²) in [5.41, 5.74) is 1.42. The summed E-state index contributed by atoms with van der Waals surface area (Å²) in [5.74, 6) is 0.528. The molecule has 0 amide bonds. The number of benzene rings is 1. The third-order valence-corrected chi connectivity index (χ3v) is 3.07. The molecule has 1 aromatic heterocycles. The monoisotopic (exact) mass is 235 g/mol. The minimum Gasteiger partial charge on any atom is -0.456 e. The minimum absolute atomic E-state index is 0.159. The van der Waals surface area contributed by atoms with Gasteiger partial charge in [0, 0.05) is 5.39 Å². The highest BCUT2D eigenvalue weighted by Crippen LogP contribution is 2.29. The maximum absolute atomic E-state index is 13.6. The van der Waals surface area contributed by atoms with Crippen molar-refractivity contribution in [2.24, 2.45) is 0 Å². The van der Waals surface area contributed by atoms with E-state index in [4.69, 9.17) is 4.42 Å². The molecule has 1 atom stereocenters. The zero-order valence-electron chi connectivity index (χ0n) is 10.5. The lowest BCUT2D eigenvalue weighted by molar-refractivity contribution is 0.422. The van der Waals surface area contributed by atoms with E-state index in [1.165, 1.54) is 6.07 Å². The number of furan rings is 1. The molecule has 2 aromatic rings. The molecule has 0 spiro atoms. The number of rotatable bonds is 4. The van der Waals surface area contributed by atoms with Gasteiger partial charge in [-0.3, -0.25) is 0 Å². The zero-order chi connectivity index (χ0) is 12.4. The molecule has 92 valence electrons. The van der Waals surface area contributed by atoms with Crippen LogP contribution in [0.5, 0.6) is 0 Å². The third kappa shape index (κ3) is 2.20. The molecule has 1 N–H and O–H groups in total. The molecule has 0 saturated carbocycles. The lowest BCUT2D eigenvalue weighted by Gasteiger charge is -2.11. The fraction of sp³-hybridized carbons (Fsp3) is 0.429. The summed E-state index contributed by atoms with van der Waals surface area (Å²) < 4.78 is 19.3. The molecule has 0 saturated heterocycles. The average molecular weight is 235 g/mol. The van der Waals surface area contributed by atoms with Crippen molar-refractivity contribution in [3.8, 4) is 0 Å². The fourth-order valence-electron chi connectivity index (χ4n) is 2.11. The fourth-order valence-corrected chi connectivity index (χ4v) is 2.11. The number of fused-ring (bicyclic) bond motifs is 1. The Morgan fingerprint density at radius 1 is 1.35 bits per heavy atom. The van der Waals surface area contributed by atoms with Crippen molar-refractivity contribution in [3.05, 3.63) is 35.3 Å². The van der Waals surface area contributed by atoms with E-state index in [0.29, 0.717) is 5.58 Å². The number of aryl methyl sites for hydroxylation is 1. The van der Waals surface area contributed by atoms with Gasteiger partial charge in [-0.05, 0) is 37.6 Å². The third-order valence-electron chi connectivity index (χ3n) is 3.07. The van der Waals surface area contributed by atoms with Gasteiger partial charge in [-0.1, -0.05) is 19.9 Å². The van der Waals surface area contributed by atoms with Crippen molar-refractivity contribution in [2.45, 2.75) is 33.2 Å². The molecule has 1 aromatic carbocycles. The van der Waals surface area contributed by atoms with Gasteiger partial charge < -0.3 is 9.73 Å². The van der Waals surface area contributed by atoms with Gasteiger partial charge in [0.2, 0.25) is 0 Å². The van der Waals surface area contributed by atoms with Crippen LogP contribution >= 0.6 is 0 Å². The summed E-state index contributed by atoms with van der Waals surface area (Å²) in [6, 6.07) is 5.35. The van der Waals surface area contributed by atoms with Crippen LogP contribution in [0.4, 0.5) is 4.39 Å². The lowest BCUT2D eigenvalue weighted by Crippen LogP contribution is -2.19. The highest BCUT2D eigenvalue weighted by atomic mass is 19.1. The van der Waals surface area contributed by atoms with Gasteiger partial charge >= 0.3 is 0 Å². The second-order valence-electron chi connectivity index (χ2n) is 4.27. The molecule has 17 heavy (non-hydrogen) atoms. The van der Waals surface area contributed by atoms with Crippen LogP contribution in [0.1, 0.15) is 37.6 Å². The molecular formula is C14H18FNO. The number of nitrogens with one attached hydrogen (secondary N) is 1. The molecule has 2 rings (SSSR count). The largest absolute Gasteiger partial charge is 0.456 e. The Balaban J connectivity index is 2.50. The molecule has 0 aliphatic carbocycles. The first kappa shape index (κ1) is 12.1. The van der Waals surface area contributed by atoms with E-state index >= 15 is 0 Å². The van der Waals surface area contributed by atoms with Crippen molar-refractivity contribution in [3.63, 3.8) is 0 Å². The Hall–Kier alpha value is -1.35. The quantitative estimate of drug-likeness (QED) is 0.868.